The van der Waals surface area contributed by atoms with E-state index in [4.69, 9.17) is 42.1 Å². The number of hydrogen-bond acceptors (Lipinski definition) is 8. The predicted molar refractivity (Wildman–Crippen MR) is 127 cm³/mol. The van der Waals surface area contributed by atoms with Crippen LogP contribution < -0.4 is 14.8 Å². The standard InChI is InChI=1S/C23H23Cl2FN4O4/c1-31-19-6-15-18(27-12-28-23(15)29-17-3-2-16(24)21(25)22(17)26)7-20(19)34-11-14-8-30-4-5-32-9-13(30)10-33-14/h2-3,6-7,12-14H,4-5,8-11H2,1H3,(H,27,28,29)/t13-,14+/m0/s1. The molecule has 11 heteroatoms. The Hall–Kier alpha value is -2.43. The largest absolute Gasteiger partial charge is 0.493 e. The average Bonchev–Trinajstić information content (AvgIpc) is 2.87. The minimum Gasteiger partial charge on any atom is -0.493 e. The van der Waals surface area contributed by atoms with E-state index in [0.29, 0.717) is 54.1 Å². The normalized spacial score (nSPS) is 20.7. The minimum absolute atomic E-state index is 0.0602. The Bertz CT molecular complexity index is 1200. The molecule has 2 saturated heterocycles. The number of hydrogen-bond donors (Lipinski definition) is 1. The number of anilines is 2. The van der Waals surface area contributed by atoms with Crippen LogP contribution in [0.3, 0.4) is 0 Å². The van der Waals surface area contributed by atoms with Gasteiger partial charge in [-0.3, -0.25) is 4.90 Å². The molecule has 0 amide bonds. The van der Waals surface area contributed by atoms with Gasteiger partial charge in [0.1, 0.15) is 24.9 Å². The first-order valence-electron chi connectivity index (χ1n) is 10.8. The molecule has 0 bridgehead atoms. The first-order valence-corrected chi connectivity index (χ1v) is 11.6. The number of methoxy groups -OCH3 is 1. The molecule has 5 rings (SSSR count). The van der Waals surface area contributed by atoms with Crippen molar-refractivity contribution in [1.29, 1.82) is 0 Å². The zero-order chi connectivity index (χ0) is 23.7. The Labute approximate surface area is 205 Å². The number of nitrogens with one attached hydrogen (secondary N) is 1. The van der Waals surface area contributed by atoms with Gasteiger partial charge >= 0.3 is 0 Å². The summed E-state index contributed by atoms with van der Waals surface area (Å²) in [4.78, 5) is 11.0. The molecule has 0 unspecified atom stereocenters. The zero-order valence-corrected chi connectivity index (χ0v) is 19.9. The number of ether oxygens (including phenoxy) is 4. The zero-order valence-electron chi connectivity index (χ0n) is 18.4. The van der Waals surface area contributed by atoms with Crippen LogP contribution in [-0.4, -0.2) is 73.6 Å². The quantitative estimate of drug-likeness (QED) is 0.493. The molecule has 2 atom stereocenters. The molecule has 0 spiro atoms. The number of rotatable bonds is 6. The van der Waals surface area contributed by atoms with Gasteiger partial charge in [0.2, 0.25) is 0 Å². The summed E-state index contributed by atoms with van der Waals surface area (Å²) in [6, 6.07) is 6.84. The molecule has 1 aromatic heterocycles. The van der Waals surface area contributed by atoms with Crippen LogP contribution in [0, 0.1) is 5.82 Å². The van der Waals surface area contributed by atoms with Crippen molar-refractivity contribution in [2.75, 3.05) is 51.9 Å². The van der Waals surface area contributed by atoms with E-state index in [2.05, 4.69) is 20.2 Å². The van der Waals surface area contributed by atoms with E-state index in [1.165, 1.54) is 18.5 Å². The summed E-state index contributed by atoms with van der Waals surface area (Å²) in [6.07, 6.45) is 1.33. The average molecular weight is 509 g/mol. The van der Waals surface area contributed by atoms with E-state index < -0.39 is 5.82 Å². The molecular weight excluding hydrogens is 486 g/mol. The van der Waals surface area contributed by atoms with E-state index in [9.17, 15) is 4.39 Å². The van der Waals surface area contributed by atoms with Gasteiger partial charge in [-0.2, -0.15) is 0 Å². The fourth-order valence-electron chi connectivity index (χ4n) is 4.11. The molecule has 8 nitrogen and oxygen atoms in total. The van der Waals surface area contributed by atoms with Crippen molar-refractivity contribution in [2.24, 2.45) is 0 Å². The Balaban J connectivity index is 1.36. The molecule has 1 N–H and O–H groups in total. The molecular formula is C23H23Cl2FN4O4. The summed E-state index contributed by atoms with van der Waals surface area (Å²) in [6.45, 7) is 4.12. The summed E-state index contributed by atoms with van der Waals surface area (Å²) in [5.41, 5.74) is 0.746. The Morgan fingerprint density at radius 3 is 2.94 bits per heavy atom. The van der Waals surface area contributed by atoms with Crippen molar-refractivity contribution in [3.63, 3.8) is 0 Å². The lowest BCUT2D eigenvalue weighted by molar-refractivity contribution is -0.124. The van der Waals surface area contributed by atoms with E-state index in [-0.39, 0.29) is 21.8 Å². The Morgan fingerprint density at radius 1 is 1.21 bits per heavy atom. The van der Waals surface area contributed by atoms with Gasteiger partial charge in [0.25, 0.3) is 0 Å². The fourth-order valence-corrected chi connectivity index (χ4v) is 4.42. The number of fused-ring (bicyclic) bond motifs is 2. The third-order valence-electron chi connectivity index (χ3n) is 5.95. The highest BCUT2D eigenvalue weighted by molar-refractivity contribution is 6.42. The maximum atomic E-state index is 14.5. The highest BCUT2D eigenvalue weighted by Gasteiger charge is 2.31. The summed E-state index contributed by atoms with van der Waals surface area (Å²) < 4.78 is 37.7. The molecule has 0 aliphatic carbocycles. The van der Waals surface area contributed by atoms with Crippen LogP contribution in [0.4, 0.5) is 15.9 Å². The fraction of sp³-hybridized carbons (Fsp3) is 0.391. The van der Waals surface area contributed by atoms with Gasteiger partial charge in [-0.25, -0.2) is 14.4 Å². The van der Waals surface area contributed by atoms with Crippen LogP contribution in [0.2, 0.25) is 10.0 Å². The maximum absolute atomic E-state index is 14.5. The van der Waals surface area contributed by atoms with Gasteiger partial charge in [0.15, 0.2) is 17.3 Å². The number of benzene rings is 2. The van der Waals surface area contributed by atoms with Crippen LogP contribution >= 0.6 is 23.2 Å². The van der Waals surface area contributed by atoms with Crippen LogP contribution in [0.25, 0.3) is 10.9 Å². The molecule has 3 heterocycles. The first-order chi connectivity index (χ1) is 16.5. The van der Waals surface area contributed by atoms with Crippen LogP contribution in [0.1, 0.15) is 0 Å². The van der Waals surface area contributed by atoms with Gasteiger partial charge in [-0.1, -0.05) is 23.2 Å². The second kappa shape index (κ2) is 10.1. The number of aromatic nitrogens is 2. The van der Waals surface area contributed by atoms with Crippen molar-refractivity contribution in [2.45, 2.75) is 12.1 Å². The number of halogens is 3. The summed E-state index contributed by atoms with van der Waals surface area (Å²) >= 11 is 11.8. The molecule has 0 radical (unpaired) electrons. The van der Waals surface area contributed by atoms with E-state index in [1.807, 2.05) is 0 Å². The minimum atomic E-state index is -0.664. The molecule has 2 aliphatic heterocycles. The predicted octanol–water partition coefficient (Wildman–Crippen LogP) is 4.31. The Kier molecular flexibility index (Phi) is 6.89. The van der Waals surface area contributed by atoms with Crippen LogP contribution in [-0.2, 0) is 9.47 Å². The maximum Gasteiger partial charge on any atom is 0.166 e. The van der Waals surface area contributed by atoms with Gasteiger partial charge in [-0.05, 0) is 18.2 Å². The van der Waals surface area contributed by atoms with E-state index in [1.54, 1.807) is 19.2 Å². The van der Waals surface area contributed by atoms with Crippen molar-refractivity contribution < 1.29 is 23.3 Å². The lowest BCUT2D eigenvalue weighted by atomic mass is 10.1. The second-order valence-electron chi connectivity index (χ2n) is 8.08. The molecule has 2 aliphatic rings. The lowest BCUT2D eigenvalue weighted by Gasteiger charge is -2.41. The molecule has 2 aromatic carbocycles. The number of nitrogens with zero attached hydrogens (tertiary/aromatic N) is 3. The highest BCUT2D eigenvalue weighted by atomic mass is 35.5. The van der Waals surface area contributed by atoms with Gasteiger partial charge in [0.05, 0.1) is 54.2 Å². The molecule has 180 valence electrons. The summed E-state index contributed by atoms with van der Waals surface area (Å²) in [7, 11) is 1.55. The molecule has 3 aromatic rings. The summed E-state index contributed by atoms with van der Waals surface area (Å²) in [5, 5.41) is 3.56. The SMILES string of the molecule is COc1cc2c(Nc3ccc(Cl)c(Cl)c3F)ncnc2cc1OC[C@H]1CN2CCOC[C@H]2CO1. The monoisotopic (exact) mass is 508 g/mol. The molecule has 0 saturated carbocycles. The third kappa shape index (κ3) is 4.71. The summed E-state index contributed by atoms with van der Waals surface area (Å²) in [5.74, 6) is 0.761. The smallest absolute Gasteiger partial charge is 0.166 e. The number of morpholine rings is 2. The van der Waals surface area contributed by atoms with Gasteiger partial charge in [0, 0.05) is 24.5 Å². The van der Waals surface area contributed by atoms with Crippen LogP contribution in [0.15, 0.2) is 30.6 Å². The topological polar surface area (TPSA) is 78.0 Å². The highest BCUT2D eigenvalue weighted by Crippen LogP contribution is 2.36. The van der Waals surface area contributed by atoms with Crippen molar-refractivity contribution in [3.05, 3.63) is 46.5 Å². The van der Waals surface area contributed by atoms with E-state index >= 15 is 0 Å². The van der Waals surface area contributed by atoms with Crippen molar-refractivity contribution in [1.82, 2.24) is 14.9 Å². The van der Waals surface area contributed by atoms with Crippen LogP contribution in [0.5, 0.6) is 11.5 Å². The first kappa shape index (κ1) is 23.3. The molecule has 34 heavy (non-hydrogen) atoms. The van der Waals surface area contributed by atoms with E-state index in [0.717, 1.165) is 19.7 Å². The van der Waals surface area contributed by atoms with Gasteiger partial charge < -0.3 is 24.3 Å². The lowest BCUT2D eigenvalue weighted by Crippen LogP contribution is -2.56. The van der Waals surface area contributed by atoms with Gasteiger partial charge in [-0.15, -0.1) is 0 Å². The third-order valence-corrected chi connectivity index (χ3v) is 6.73. The molecule has 2 fully saturated rings. The van der Waals surface area contributed by atoms with Crippen molar-refractivity contribution >= 4 is 45.6 Å². The Morgan fingerprint density at radius 2 is 2.09 bits per heavy atom. The second-order valence-corrected chi connectivity index (χ2v) is 8.87. The van der Waals surface area contributed by atoms with Crippen molar-refractivity contribution in [3.8, 4) is 11.5 Å².